The van der Waals surface area contributed by atoms with E-state index in [1.165, 1.54) is 12.5 Å². The summed E-state index contributed by atoms with van der Waals surface area (Å²) in [6.45, 7) is 2.73. The Morgan fingerprint density at radius 2 is 2.14 bits per heavy atom. The predicted molar refractivity (Wildman–Crippen MR) is 78.0 cm³/mol. The minimum Gasteiger partial charge on any atom is -0.480 e. The van der Waals surface area contributed by atoms with Gasteiger partial charge in [0.15, 0.2) is 0 Å². The topological polar surface area (TPSA) is 110 Å². The average molecular weight is 297 g/mol. The average Bonchev–Trinajstić information content (AvgIpc) is 2.88. The molecule has 0 aliphatic rings. The number of H-pyrrole nitrogens is 1. The third-order valence-corrected chi connectivity index (χ3v) is 2.97. The van der Waals surface area contributed by atoms with Crippen LogP contribution in [0.2, 0.25) is 0 Å². The molecule has 2 amide bonds. The highest BCUT2D eigenvalue weighted by Gasteiger charge is 2.21. The van der Waals surface area contributed by atoms with Gasteiger partial charge in [-0.15, -0.1) is 0 Å². The van der Waals surface area contributed by atoms with Gasteiger partial charge in [0.05, 0.1) is 6.33 Å². The smallest absolute Gasteiger partial charge is 0.326 e. The van der Waals surface area contributed by atoms with Crippen molar-refractivity contribution >= 4 is 12.0 Å². The molecule has 0 aromatic carbocycles. The van der Waals surface area contributed by atoms with Crippen molar-refractivity contribution < 1.29 is 14.7 Å². The Kier molecular flexibility index (Phi) is 6.67. The highest BCUT2D eigenvalue weighted by Crippen LogP contribution is 1.99. The molecule has 0 bridgehead atoms. The summed E-state index contributed by atoms with van der Waals surface area (Å²) in [5.74, 6) is -1.08. The van der Waals surface area contributed by atoms with Crippen LogP contribution >= 0.6 is 0 Å². The maximum absolute atomic E-state index is 11.8. The van der Waals surface area contributed by atoms with Crippen LogP contribution in [-0.4, -0.2) is 64.7 Å². The Bertz CT molecular complexity index is 447. The van der Waals surface area contributed by atoms with E-state index in [0.717, 1.165) is 13.0 Å². The molecular formula is C13H23N5O3. The number of hydrogen-bond donors (Lipinski definition) is 4. The molecule has 118 valence electrons. The van der Waals surface area contributed by atoms with Crippen molar-refractivity contribution in [1.29, 1.82) is 0 Å². The van der Waals surface area contributed by atoms with E-state index < -0.39 is 18.0 Å². The van der Waals surface area contributed by atoms with Crippen molar-refractivity contribution in [3.8, 4) is 0 Å². The lowest BCUT2D eigenvalue weighted by Gasteiger charge is -2.19. The summed E-state index contributed by atoms with van der Waals surface area (Å²) in [4.78, 5) is 31.7. The van der Waals surface area contributed by atoms with Crippen LogP contribution in [0.25, 0.3) is 0 Å². The molecule has 0 spiro atoms. The fraction of sp³-hybridized carbons (Fsp3) is 0.615. The van der Waals surface area contributed by atoms with Gasteiger partial charge in [0.1, 0.15) is 6.04 Å². The van der Waals surface area contributed by atoms with E-state index in [9.17, 15) is 9.59 Å². The van der Waals surface area contributed by atoms with Crippen LogP contribution in [0.3, 0.4) is 0 Å². The van der Waals surface area contributed by atoms with E-state index in [1.807, 2.05) is 25.9 Å². The first-order chi connectivity index (χ1) is 9.88. The number of imidazole rings is 1. The lowest BCUT2D eigenvalue weighted by atomic mass is 10.1. The zero-order valence-corrected chi connectivity index (χ0v) is 12.6. The number of carboxylic acid groups (broad SMARTS) is 1. The summed E-state index contributed by atoms with van der Waals surface area (Å²) in [6, 6.07) is -1.51. The number of hydrogen-bond acceptors (Lipinski definition) is 4. The molecule has 0 fully saturated rings. The van der Waals surface area contributed by atoms with Gasteiger partial charge in [-0.05, 0) is 34.0 Å². The van der Waals surface area contributed by atoms with Crippen molar-refractivity contribution in [2.45, 2.75) is 31.8 Å². The monoisotopic (exact) mass is 297 g/mol. The van der Waals surface area contributed by atoms with E-state index in [2.05, 4.69) is 20.6 Å². The maximum atomic E-state index is 11.8. The van der Waals surface area contributed by atoms with Gasteiger partial charge in [-0.2, -0.15) is 0 Å². The molecule has 4 N–H and O–H groups in total. The molecule has 1 heterocycles. The van der Waals surface area contributed by atoms with Gasteiger partial charge in [0.2, 0.25) is 0 Å². The molecule has 0 aliphatic heterocycles. The van der Waals surface area contributed by atoms with Crippen LogP contribution in [0.1, 0.15) is 19.0 Å². The Balaban J connectivity index is 2.43. The number of aliphatic carboxylic acids is 1. The lowest BCUT2D eigenvalue weighted by Crippen LogP contribution is -2.49. The van der Waals surface area contributed by atoms with Crippen LogP contribution in [0.4, 0.5) is 4.79 Å². The molecule has 0 aliphatic carbocycles. The summed E-state index contributed by atoms with van der Waals surface area (Å²) in [5, 5.41) is 14.3. The molecular weight excluding hydrogens is 274 g/mol. The predicted octanol–water partition coefficient (Wildman–Crippen LogP) is 0.0448. The molecule has 8 heteroatoms. The van der Waals surface area contributed by atoms with Crippen LogP contribution in [0.5, 0.6) is 0 Å². The van der Waals surface area contributed by atoms with E-state index in [-0.39, 0.29) is 12.5 Å². The van der Waals surface area contributed by atoms with Crippen molar-refractivity contribution in [1.82, 2.24) is 25.5 Å². The molecule has 0 radical (unpaired) electrons. The summed E-state index contributed by atoms with van der Waals surface area (Å²) < 4.78 is 0. The third kappa shape index (κ3) is 6.75. The SMILES string of the molecule is CC(CCN(C)C)NC(=O)NC(Cc1cnc[nH]1)C(=O)O. The molecule has 8 nitrogen and oxygen atoms in total. The van der Waals surface area contributed by atoms with E-state index >= 15 is 0 Å². The molecule has 1 aromatic rings. The van der Waals surface area contributed by atoms with Gasteiger partial charge in [0.25, 0.3) is 0 Å². The minimum absolute atomic E-state index is 0.0333. The van der Waals surface area contributed by atoms with Gasteiger partial charge in [-0.25, -0.2) is 14.6 Å². The number of carbonyl (C=O) groups is 2. The van der Waals surface area contributed by atoms with Crippen LogP contribution in [-0.2, 0) is 11.2 Å². The summed E-state index contributed by atoms with van der Waals surface area (Å²) >= 11 is 0. The largest absolute Gasteiger partial charge is 0.480 e. The maximum Gasteiger partial charge on any atom is 0.326 e. The molecule has 2 atom stereocenters. The molecule has 1 rings (SSSR count). The van der Waals surface area contributed by atoms with Gasteiger partial charge in [-0.1, -0.05) is 0 Å². The highest BCUT2D eigenvalue weighted by molar-refractivity contribution is 5.82. The van der Waals surface area contributed by atoms with Gasteiger partial charge >= 0.3 is 12.0 Å². The fourth-order valence-corrected chi connectivity index (χ4v) is 1.76. The normalized spacial score (nSPS) is 13.7. The first kappa shape index (κ1) is 17.0. The third-order valence-electron chi connectivity index (χ3n) is 2.97. The number of carbonyl (C=O) groups excluding carboxylic acids is 1. The first-order valence-corrected chi connectivity index (χ1v) is 6.80. The van der Waals surface area contributed by atoms with Crippen LogP contribution < -0.4 is 10.6 Å². The van der Waals surface area contributed by atoms with Gasteiger partial charge in [-0.3, -0.25) is 0 Å². The summed E-state index contributed by atoms with van der Waals surface area (Å²) in [5.41, 5.74) is 0.656. The van der Waals surface area contributed by atoms with E-state index in [4.69, 9.17) is 5.11 Å². The Labute approximate surface area is 123 Å². The number of rotatable bonds is 8. The molecule has 0 saturated heterocycles. The summed E-state index contributed by atoms with van der Waals surface area (Å²) in [7, 11) is 3.91. The number of aromatic amines is 1. The molecule has 0 saturated carbocycles. The Hall–Kier alpha value is -2.09. The molecule has 2 unspecified atom stereocenters. The van der Waals surface area contributed by atoms with E-state index in [0.29, 0.717) is 5.69 Å². The zero-order chi connectivity index (χ0) is 15.8. The highest BCUT2D eigenvalue weighted by atomic mass is 16.4. The summed E-state index contributed by atoms with van der Waals surface area (Å²) in [6.07, 6.45) is 3.96. The van der Waals surface area contributed by atoms with Crippen molar-refractivity contribution in [3.05, 3.63) is 18.2 Å². The Morgan fingerprint density at radius 3 is 2.67 bits per heavy atom. The number of urea groups is 1. The first-order valence-electron chi connectivity index (χ1n) is 6.80. The zero-order valence-electron chi connectivity index (χ0n) is 12.6. The van der Waals surface area contributed by atoms with Crippen LogP contribution in [0, 0.1) is 0 Å². The van der Waals surface area contributed by atoms with Crippen molar-refractivity contribution in [2.75, 3.05) is 20.6 Å². The van der Waals surface area contributed by atoms with Crippen molar-refractivity contribution in [2.24, 2.45) is 0 Å². The van der Waals surface area contributed by atoms with E-state index in [1.54, 1.807) is 0 Å². The fourth-order valence-electron chi connectivity index (χ4n) is 1.76. The Morgan fingerprint density at radius 1 is 1.43 bits per heavy atom. The number of nitrogens with one attached hydrogen (secondary N) is 3. The second kappa shape index (κ2) is 8.25. The molecule has 1 aromatic heterocycles. The number of amides is 2. The quantitative estimate of drug-likeness (QED) is 0.542. The lowest BCUT2D eigenvalue weighted by molar-refractivity contribution is -0.139. The standard InChI is InChI=1S/C13H23N5O3/c1-9(4-5-18(2)3)16-13(21)17-11(12(19)20)6-10-7-14-8-15-10/h7-9,11H,4-6H2,1-3H3,(H,14,15)(H,19,20)(H2,16,17,21). The second-order valence-electron chi connectivity index (χ2n) is 5.28. The number of nitrogens with zero attached hydrogens (tertiary/aromatic N) is 2. The second-order valence-corrected chi connectivity index (χ2v) is 5.28. The van der Waals surface area contributed by atoms with Crippen LogP contribution in [0.15, 0.2) is 12.5 Å². The van der Waals surface area contributed by atoms with Gasteiger partial charge in [0, 0.05) is 24.4 Å². The number of carboxylic acids is 1. The minimum atomic E-state index is -1.08. The van der Waals surface area contributed by atoms with Crippen molar-refractivity contribution in [3.63, 3.8) is 0 Å². The number of aromatic nitrogens is 2. The van der Waals surface area contributed by atoms with Gasteiger partial charge < -0.3 is 25.6 Å². The molecule has 21 heavy (non-hydrogen) atoms.